The van der Waals surface area contributed by atoms with Gasteiger partial charge >= 0.3 is 6.18 Å². The summed E-state index contributed by atoms with van der Waals surface area (Å²) in [6.07, 6.45) is -4.58. The maximum absolute atomic E-state index is 12.5. The van der Waals surface area contributed by atoms with Crippen molar-refractivity contribution in [3.05, 3.63) is 29.6 Å². The number of halogens is 4. The Balaban J connectivity index is 3.08. The van der Waals surface area contributed by atoms with Gasteiger partial charge in [0.15, 0.2) is 0 Å². The van der Waals surface area contributed by atoms with Crippen LogP contribution in [0.25, 0.3) is 0 Å². The van der Waals surface area contributed by atoms with E-state index < -0.39 is 18.0 Å². The van der Waals surface area contributed by atoms with E-state index in [0.29, 0.717) is 0 Å². The molecule has 1 aromatic carbocycles. The number of nitrogen functional groups attached to an aromatic ring is 1. The summed E-state index contributed by atoms with van der Waals surface area (Å²) in [5.41, 5.74) is 9.48. The summed E-state index contributed by atoms with van der Waals surface area (Å²) in [7, 11) is 0. The molecule has 0 radical (unpaired) electrons. The maximum Gasteiger partial charge on any atom is 0.407 e. The molecule has 0 unspecified atom stereocenters. The highest BCUT2D eigenvalue weighted by Crippen LogP contribution is 2.33. The molecule has 0 bridgehead atoms. The largest absolute Gasteiger partial charge is 0.407 e. The lowest BCUT2D eigenvalue weighted by Gasteiger charge is -2.17. The molecule has 6 heteroatoms. The first kappa shape index (κ1) is 10.8. The highest BCUT2D eigenvalue weighted by Gasteiger charge is 2.38. The SMILES string of the molecule is Nc1cc(F)ccc1[C@H](N)C(F)(F)F. The zero-order valence-corrected chi connectivity index (χ0v) is 6.98. The van der Waals surface area contributed by atoms with Gasteiger partial charge in [0, 0.05) is 11.3 Å². The van der Waals surface area contributed by atoms with Gasteiger partial charge in [-0.05, 0) is 12.1 Å². The lowest BCUT2D eigenvalue weighted by atomic mass is 10.1. The van der Waals surface area contributed by atoms with Crippen molar-refractivity contribution >= 4 is 5.69 Å². The maximum atomic E-state index is 12.5. The fraction of sp³-hybridized carbons (Fsp3) is 0.250. The first-order valence-electron chi connectivity index (χ1n) is 3.69. The zero-order chi connectivity index (χ0) is 10.9. The third kappa shape index (κ3) is 2.14. The van der Waals surface area contributed by atoms with Crippen molar-refractivity contribution in [1.82, 2.24) is 0 Å². The molecule has 0 heterocycles. The van der Waals surface area contributed by atoms with Crippen molar-refractivity contribution in [3.8, 4) is 0 Å². The molecule has 0 fully saturated rings. The minimum Gasteiger partial charge on any atom is -0.398 e. The molecule has 1 atom stereocenters. The van der Waals surface area contributed by atoms with Crippen molar-refractivity contribution in [2.24, 2.45) is 5.73 Å². The topological polar surface area (TPSA) is 52.0 Å². The predicted molar refractivity (Wildman–Crippen MR) is 43.8 cm³/mol. The highest BCUT2D eigenvalue weighted by molar-refractivity contribution is 5.49. The molecule has 0 aliphatic carbocycles. The van der Waals surface area contributed by atoms with E-state index in [1.54, 1.807) is 0 Å². The number of anilines is 1. The van der Waals surface area contributed by atoms with Crippen molar-refractivity contribution < 1.29 is 17.6 Å². The van der Waals surface area contributed by atoms with E-state index in [1.807, 2.05) is 0 Å². The van der Waals surface area contributed by atoms with Gasteiger partial charge in [-0.15, -0.1) is 0 Å². The summed E-state index contributed by atoms with van der Waals surface area (Å²) in [4.78, 5) is 0. The van der Waals surface area contributed by atoms with Crippen molar-refractivity contribution in [2.75, 3.05) is 5.73 Å². The van der Waals surface area contributed by atoms with Gasteiger partial charge in [0.25, 0.3) is 0 Å². The van der Waals surface area contributed by atoms with Crippen LogP contribution in [0.15, 0.2) is 18.2 Å². The molecule has 2 nitrogen and oxygen atoms in total. The van der Waals surface area contributed by atoms with Gasteiger partial charge in [-0.1, -0.05) is 6.07 Å². The molecule has 0 aromatic heterocycles. The third-order valence-electron chi connectivity index (χ3n) is 1.74. The van der Waals surface area contributed by atoms with E-state index in [0.717, 1.165) is 18.2 Å². The number of hydrogen-bond donors (Lipinski definition) is 2. The van der Waals surface area contributed by atoms with E-state index in [9.17, 15) is 17.6 Å². The van der Waals surface area contributed by atoms with Crippen LogP contribution in [0.4, 0.5) is 23.2 Å². The lowest BCUT2D eigenvalue weighted by Crippen LogP contribution is -2.29. The summed E-state index contributed by atoms with van der Waals surface area (Å²) in [5.74, 6) is -0.694. The van der Waals surface area contributed by atoms with Crippen LogP contribution < -0.4 is 11.5 Å². The fourth-order valence-electron chi connectivity index (χ4n) is 1.01. The lowest BCUT2D eigenvalue weighted by molar-refractivity contribution is -0.149. The second-order valence-corrected chi connectivity index (χ2v) is 2.79. The van der Waals surface area contributed by atoms with E-state index in [1.165, 1.54) is 0 Å². The second kappa shape index (κ2) is 3.45. The van der Waals surface area contributed by atoms with Crippen LogP contribution in [0.3, 0.4) is 0 Å². The Bertz CT molecular complexity index is 335. The Morgan fingerprint density at radius 2 is 1.79 bits per heavy atom. The fourth-order valence-corrected chi connectivity index (χ4v) is 1.01. The minimum atomic E-state index is -4.58. The highest BCUT2D eigenvalue weighted by atomic mass is 19.4. The molecule has 0 aliphatic heterocycles. The van der Waals surface area contributed by atoms with E-state index in [2.05, 4.69) is 0 Å². The van der Waals surface area contributed by atoms with Crippen LogP contribution in [0.2, 0.25) is 0 Å². The number of rotatable bonds is 1. The summed E-state index contributed by atoms with van der Waals surface area (Å²) in [6.45, 7) is 0. The molecule has 0 saturated carbocycles. The summed E-state index contributed by atoms with van der Waals surface area (Å²) >= 11 is 0. The normalized spacial score (nSPS) is 14.1. The van der Waals surface area contributed by atoms with Gasteiger partial charge in [-0.25, -0.2) is 4.39 Å². The molecular weight excluding hydrogens is 200 g/mol. The van der Waals surface area contributed by atoms with Crippen LogP contribution >= 0.6 is 0 Å². The predicted octanol–water partition coefficient (Wildman–Crippen LogP) is 1.97. The average Bonchev–Trinajstić information content (AvgIpc) is 2.01. The van der Waals surface area contributed by atoms with Crippen LogP contribution in [0, 0.1) is 5.82 Å². The number of benzene rings is 1. The number of alkyl halides is 3. The zero-order valence-electron chi connectivity index (χ0n) is 6.98. The molecule has 0 spiro atoms. The Hall–Kier alpha value is -1.30. The van der Waals surface area contributed by atoms with Crippen LogP contribution in [-0.2, 0) is 0 Å². The van der Waals surface area contributed by atoms with Crippen LogP contribution in [-0.4, -0.2) is 6.18 Å². The van der Waals surface area contributed by atoms with Gasteiger partial charge in [0.2, 0.25) is 0 Å². The van der Waals surface area contributed by atoms with Gasteiger partial charge < -0.3 is 11.5 Å². The summed E-state index contributed by atoms with van der Waals surface area (Å²) in [5, 5.41) is 0. The van der Waals surface area contributed by atoms with E-state index in [4.69, 9.17) is 11.5 Å². The monoisotopic (exact) mass is 208 g/mol. The van der Waals surface area contributed by atoms with Crippen molar-refractivity contribution in [3.63, 3.8) is 0 Å². The molecule has 4 N–H and O–H groups in total. The molecule has 0 saturated heterocycles. The van der Waals surface area contributed by atoms with Gasteiger partial charge in [-0.3, -0.25) is 0 Å². The summed E-state index contributed by atoms with van der Waals surface area (Å²) in [6, 6.07) is 0.448. The molecule has 0 aliphatic rings. The Morgan fingerprint density at radius 1 is 1.21 bits per heavy atom. The van der Waals surface area contributed by atoms with Gasteiger partial charge in [0.1, 0.15) is 11.9 Å². The van der Waals surface area contributed by atoms with Crippen LogP contribution in [0.5, 0.6) is 0 Å². The van der Waals surface area contributed by atoms with E-state index in [-0.39, 0.29) is 11.3 Å². The van der Waals surface area contributed by atoms with Crippen molar-refractivity contribution in [1.29, 1.82) is 0 Å². The molecule has 1 rings (SSSR count). The Morgan fingerprint density at radius 3 is 2.21 bits per heavy atom. The van der Waals surface area contributed by atoms with Gasteiger partial charge in [0.05, 0.1) is 0 Å². The van der Waals surface area contributed by atoms with E-state index >= 15 is 0 Å². The minimum absolute atomic E-state index is 0.296. The van der Waals surface area contributed by atoms with Crippen molar-refractivity contribution in [2.45, 2.75) is 12.2 Å². The molecular formula is C8H8F4N2. The standard InChI is InChI=1S/C8H8F4N2/c9-4-1-2-5(6(13)3-4)7(14)8(10,11)12/h1-3,7H,13-14H2/t7-/m0/s1. The number of nitrogens with two attached hydrogens (primary N) is 2. The third-order valence-corrected chi connectivity index (χ3v) is 1.74. The number of hydrogen-bond acceptors (Lipinski definition) is 2. The molecule has 78 valence electrons. The summed E-state index contributed by atoms with van der Waals surface area (Å²) < 4.78 is 48.9. The Labute approximate surface area is 77.5 Å². The smallest absolute Gasteiger partial charge is 0.398 e. The van der Waals surface area contributed by atoms with Crippen LogP contribution in [0.1, 0.15) is 11.6 Å². The molecule has 0 amide bonds. The molecule has 1 aromatic rings. The Kier molecular flexibility index (Phi) is 2.66. The quantitative estimate of drug-likeness (QED) is 0.547. The average molecular weight is 208 g/mol. The first-order valence-corrected chi connectivity index (χ1v) is 3.69. The van der Waals surface area contributed by atoms with Gasteiger partial charge in [-0.2, -0.15) is 13.2 Å². The first-order chi connectivity index (χ1) is 6.32. The molecule has 14 heavy (non-hydrogen) atoms. The second-order valence-electron chi connectivity index (χ2n) is 2.79.